The molecule has 1 atom stereocenters. The average Bonchev–Trinajstić information content (AvgIpc) is 3.11. The van der Waals surface area contributed by atoms with Crippen LogP contribution in [0.4, 0.5) is 0 Å². The highest BCUT2D eigenvalue weighted by molar-refractivity contribution is 8.26. The average molecular weight is 459 g/mol. The third kappa shape index (κ3) is 4.76. The van der Waals surface area contributed by atoms with Crippen LogP contribution in [0.5, 0.6) is 0 Å². The fourth-order valence-corrected chi connectivity index (χ4v) is 6.34. The highest BCUT2D eigenvalue weighted by atomic mass is 35.5. The second-order valence-corrected chi connectivity index (χ2v) is 10.9. The molecule has 0 spiro atoms. The van der Waals surface area contributed by atoms with E-state index in [1.165, 1.54) is 9.80 Å². The molecule has 1 aromatic rings. The predicted octanol–water partition coefficient (Wildman–Crippen LogP) is 2.58. The minimum absolute atomic E-state index is 0.0263. The molecule has 1 unspecified atom stereocenters. The lowest BCUT2D eigenvalue weighted by molar-refractivity contribution is -0.136. The lowest BCUT2D eigenvalue weighted by atomic mass is 10.2. The third-order valence-electron chi connectivity index (χ3n) is 4.64. The van der Waals surface area contributed by atoms with Crippen molar-refractivity contribution in [1.29, 1.82) is 0 Å². The van der Waals surface area contributed by atoms with Crippen LogP contribution >= 0.6 is 35.6 Å². The van der Waals surface area contributed by atoms with Crippen molar-refractivity contribution >= 4 is 67.6 Å². The Morgan fingerprint density at radius 2 is 2.07 bits per heavy atom. The molecule has 0 aliphatic carbocycles. The number of benzene rings is 1. The van der Waals surface area contributed by atoms with Gasteiger partial charge in [-0.3, -0.25) is 14.5 Å². The molecule has 0 saturated carbocycles. The molecule has 2 heterocycles. The van der Waals surface area contributed by atoms with Crippen LogP contribution in [0.15, 0.2) is 29.2 Å². The number of carbonyl (C=O) groups is 2. The van der Waals surface area contributed by atoms with Crippen LogP contribution in [0.1, 0.15) is 18.9 Å². The summed E-state index contributed by atoms with van der Waals surface area (Å²) in [7, 11) is -3.10. The number of hydrogen-bond donors (Lipinski definition) is 0. The van der Waals surface area contributed by atoms with E-state index in [-0.39, 0.29) is 35.9 Å². The summed E-state index contributed by atoms with van der Waals surface area (Å²) in [4.78, 5) is 28.7. The van der Waals surface area contributed by atoms with Crippen molar-refractivity contribution < 1.29 is 18.0 Å². The monoisotopic (exact) mass is 458 g/mol. The number of carbonyl (C=O) groups excluding carboxylic acids is 2. The van der Waals surface area contributed by atoms with Crippen molar-refractivity contribution in [1.82, 2.24) is 9.80 Å². The Hall–Kier alpha value is -1.42. The van der Waals surface area contributed by atoms with Crippen molar-refractivity contribution in [3.8, 4) is 0 Å². The Balaban J connectivity index is 1.71. The van der Waals surface area contributed by atoms with Crippen LogP contribution in [0.25, 0.3) is 6.08 Å². The van der Waals surface area contributed by atoms with Gasteiger partial charge in [0, 0.05) is 17.6 Å². The summed E-state index contributed by atoms with van der Waals surface area (Å²) in [5, 5.41) is 0.601. The summed E-state index contributed by atoms with van der Waals surface area (Å²) in [6, 6.07) is 6.70. The van der Waals surface area contributed by atoms with Crippen LogP contribution in [0.3, 0.4) is 0 Å². The normalized spacial score (nSPS) is 22.9. The van der Waals surface area contributed by atoms with E-state index in [1.807, 2.05) is 0 Å². The zero-order valence-electron chi connectivity index (χ0n) is 15.1. The lowest BCUT2D eigenvalue weighted by Crippen LogP contribution is -2.47. The molecule has 2 aliphatic rings. The molecule has 3 rings (SSSR count). The van der Waals surface area contributed by atoms with E-state index in [0.29, 0.717) is 27.2 Å². The van der Waals surface area contributed by atoms with Gasteiger partial charge < -0.3 is 4.90 Å². The zero-order valence-corrected chi connectivity index (χ0v) is 18.3. The van der Waals surface area contributed by atoms with Gasteiger partial charge in [-0.15, -0.1) is 0 Å². The summed E-state index contributed by atoms with van der Waals surface area (Å²) in [5.74, 6) is -0.560. The maximum absolute atomic E-state index is 12.8. The van der Waals surface area contributed by atoms with E-state index in [2.05, 4.69) is 0 Å². The van der Waals surface area contributed by atoms with Crippen LogP contribution in [0, 0.1) is 0 Å². The predicted molar refractivity (Wildman–Crippen MR) is 116 cm³/mol. The minimum Gasteiger partial charge on any atom is -0.337 e. The highest BCUT2D eigenvalue weighted by Gasteiger charge is 2.38. The molecule has 28 heavy (non-hydrogen) atoms. The van der Waals surface area contributed by atoms with Gasteiger partial charge in [-0.25, -0.2) is 8.42 Å². The van der Waals surface area contributed by atoms with Crippen molar-refractivity contribution in [3.63, 3.8) is 0 Å². The van der Waals surface area contributed by atoms with Crippen molar-refractivity contribution in [3.05, 3.63) is 39.8 Å². The van der Waals surface area contributed by atoms with E-state index in [0.717, 1.165) is 17.3 Å². The topological polar surface area (TPSA) is 74.8 Å². The van der Waals surface area contributed by atoms with Gasteiger partial charge >= 0.3 is 0 Å². The SMILES string of the molecule is CCN(C(=O)CN1C(=O)C(=Cc2ccc(Cl)cc2)SC1=S)C1CCS(=O)(=O)C1. The molecule has 0 bridgehead atoms. The van der Waals surface area contributed by atoms with Crippen molar-refractivity contribution in [2.75, 3.05) is 24.6 Å². The second-order valence-electron chi connectivity index (χ2n) is 6.56. The molecular formula is C18H19ClN2O4S3. The Labute approximate surface area is 178 Å². The smallest absolute Gasteiger partial charge is 0.266 e. The summed E-state index contributed by atoms with van der Waals surface area (Å²) in [5.41, 5.74) is 0.808. The molecule has 2 amide bonds. The standard InChI is InChI=1S/C18H19ClN2O4S3/c1-2-20(14-7-8-28(24,25)11-14)16(22)10-21-17(23)15(27-18(21)26)9-12-3-5-13(19)6-4-12/h3-6,9,14H,2,7-8,10-11H2,1H3. The molecule has 2 fully saturated rings. The van der Waals surface area contributed by atoms with Gasteiger partial charge in [-0.1, -0.05) is 47.7 Å². The molecule has 10 heteroatoms. The van der Waals surface area contributed by atoms with Gasteiger partial charge in [0.1, 0.15) is 10.9 Å². The summed E-state index contributed by atoms with van der Waals surface area (Å²) >= 11 is 12.3. The number of hydrogen-bond acceptors (Lipinski definition) is 6. The van der Waals surface area contributed by atoms with Gasteiger partial charge in [0.05, 0.1) is 16.4 Å². The fourth-order valence-electron chi connectivity index (χ4n) is 3.23. The first kappa shape index (κ1) is 21.3. The first-order chi connectivity index (χ1) is 13.2. The van der Waals surface area contributed by atoms with Gasteiger partial charge in [0.2, 0.25) is 5.91 Å². The number of halogens is 1. The van der Waals surface area contributed by atoms with Gasteiger partial charge in [-0.2, -0.15) is 0 Å². The third-order valence-corrected chi connectivity index (χ3v) is 8.03. The Kier molecular flexibility index (Phi) is 6.48. The Morgan fingerprint density at radius 1 is 1.39 bits per heavy atom. The van der Waals surface area contributed by atoms with Crippen molar-refractivity contribution in [2.45, 2.75) is 19.4 Å². The largest absolute Gasteiger partial charge is 0.337 e. The number of rotatable bonds is 5. The second kappa shape index (κ2) is 8.52. The number of nitrogens with zero attached hydrogens (tertiary/aromatic N) is 2. The minimum atomic E-state index is -3.10. The van der Waals surface area contributed by atoms with Crippen molar-refractivity contribution in [2.24, 2.45) is 0 Å². The Bertz CT molecular complexity index is 944. The van der Waals surface area contributed by atoms with E-state index in [1.54, 1.807) is 37.3 Å². The lowest BCUT2D eigenvalue weighted by Gasteiger charge is -2.28. The quantitative estimate of drug-likeness (QED) is 0.498. The maximum atomic E-state index is 12.8. The number of sulfone groups is 1. The molecule has 2 saturated heterocycles. The zero-order chi connectivity index (χ0) is 20.5. The molecule has 0 aromatic heterocycles. The van der Waals surface area contributed by atoms with E-state index in [9.17, 15) is 18.0 Å². The number of thiocarbonyl (C=S) groups is 1. The molecule has 0 N–H and O–H groups in total. The molecule has 150 valence electrons. The van der Waals surface area contributed by atoms with E-state index < -0.39 is 9.84 Å². The summed E-state index contributed by atoms with van der Waals surface area (Å²) < 4.78 is 23.8. The van der Waals surface area contributed by atoms with Crippen LogP contribution < -0.4 is 0 Å². The highest BCUT2D eigenvalue weighted by Crippen LogP contribution is 2.33. The molecule has 6 nitrogen and oxygen atoms in total. The summed E-state index contributed by atoms with van der Waals surface area (Å²) in [6.45, 7) is 2.00. The maximum Gasteiger partial charge on any atom is 0.266 e. The van der Waals surface area contributed by atoms with Crippen LogP contribution in [-0.2, 0) is 19.4 Å². The number of thioether (sulfide) groups is 1. The van der Waals surface area contributed by atoms with Crippen LogP contribution in [0.2, 0.25) is 5.02 Å². The van der Waals surface area contributed by atoms with Gasteiger partial charge in [-0.05, 0) is 37.1 Å². The van der Waals surface area contributed by atoms with E-state index >= 15 is 0 Å². The van der Waals surface area contributed by atoms with Gasteiger partial charge in [0.15, 0.2) is 9.84 Å². The van der Waals surface area contributed by atoms with Gasteiger partial charge in [0.25, 0.3) is 5.91 Å². The molecule has 2 aliphatic heterocycles. The first-order valence-corrected chi connectivity index (χ1v) is 12.1. The molecular weight excluding hydrogens is 440 g/mol. The van der Waals surface area contributed by atoms with Crippen LogP contribution in [-0.4, -0.2) is 65.0 Å². The first-order valence-electron chi connectivity index (χ1n) is 8.71. The van der Waals surface area contributed by atoms with E-state index in [4.69, 9.17) is 23.8 Å². The molecule has 1 aromatic carbocycles. The summed E-state index contributed by atoms with van der Waals surface area (Å²) in [6.07, 6.45) is 2.14. The Morgan fingerprint density at radius 3 is 2.64 bits per heavy atom. The number of likely N-dealkylation sites (N-methyl/N-ethyl adjacent to an activating group) is 1. The fraction of sp³-hybridized carbons (Fsp3) is 0.389. The molecule has 0 radical (unpaired) electrons. The number of amides is 2.